The summed E-state index contributed by atoms with van der Waals surface area (Å²) in [6, 6.07) is 3.65. The minimum atomic E-state index is -0.556. The number of hydrogen-bond donors (Lipinski definition) is 1. The predicted octanol–water partition coefficient (Wildman–Crippen LogP) is 4.20. The van der Waals surface area contributed by atoms with Gasteiger partial charge in [0, 0.05) is 37.0 Å². The van der Waals surface area contributed by atoms with E-state index >= 15 is 4.39 Å². The van der Waals surface area contributed by atoms with Crippen LogP contribution in [0, 0.1) is 11.2 Å². The van der Waals surface area contributed by atoms with Crippen LogP contribution in [0.25, 0.3) is 10.9 Å². The van der Waals surface area contributed by atoms with Gasteiger partial charge in [-0.15, -0.1) is 0 Å². The van der Waals surface area contributed by atoms with Crippen molar-refractivity contribution in [2.24, 2.45) is 5.41 Å². The largest absolute Gasteiger partial charge is 0.463 e. The van der Waals surface area contributed by atoms with Gasteiger partial charge in [0.25, 0.3) is 0 Å². The van der Waals surface area contributed by atoms with Crippen molar-refractivity contribution in [2.45, 2.75) is 64.1 Å². The van der Waals surface area contributed by atoms with E-state index in [4.69, 9.17) is 14.5 Å². The number of amides is 1. The zero-order valence-corrected chi connectivity index (χ0v) is 24.1. The molecular formula is C27H37BrFN5O4. The van der Waals surface area contributed by atoms with Gasteiger partial charge < -0.3 is 24.4 Å². The first-order chi connectivity index (χ1) is 18.0. The molecule has 3 aliphatic rings. The van der Waals surface area contributed by atoms with E-state index < -0.39 is 11.4 Å². The number of aliphatic hydroxyl groups is 1. The summed E-state index contributed by atoms with van der Waals surface area (Å²) in [4.78, 5) is 28.3. The van der Waals surface area contributed by atoms with Gasteiger partial charge in [0.15, 0.2) is 5.82 Å². The number of fused-ring (bicyclic) bond motifs is 3. The first-order valence-corrected chi connectivity index (χ1v) is 14.1. The summed E-state index contributed by atoms with van der Waals surface area (Å²) in [5.74, 6) is 0.176. The number of hydrogen-bond acceptors (Lipinski definition) is 8. The number of ether oxygens (including phenoxy) is 2. The Hall–Kier alpha value is -2.24. The molecule has 38 heavy (non-hydrogen) atoms. The highest BCUT2D eigenvalue weighted by atomic mass is 79.9. The van der Waals surface area contributed by atoms with E-state index in [0.717, 1.165) is 32.2 Å². The van der Waals surface area contributed by atoms with Gasteiger partial charge in [-0.3, -0.25) is 4.90 Å². The molecule has 208 valence electrons. The average molecular weight is 595 g/mol. The third-order valence-corrected chi connectivity index (χ3v) is 8.27. The molecule has 2 saturated heterocycles. The van der Waals surface area contributed by atoms with Crippen molar-refractivity contribution in [3.8, 4) is 6.01 Å². The Bertz CT molecular complexity index is 1190. The fourth-order valence-corrected chi connectivity index (χ4v) is 5.98. The number of piperazine rings is 1. The average Bonchev–Trinajstić information content (AvgIpc) is 3.55. The van der Waals surface area contributed by atoms with Gasteiger partial charge in [0.2, 0.25) is 0 Å². The van der Waals surface area contributed by atoms with Crippen LogP contribution in [0.3, 0.4) is 0 Å². The van der Waals surface area contributed by atoms with E-state index in [-0.39, 0.29) is 41.7 Å². The lowest BCUT2D eigenvalue weighted by Gasteiger charge is -2.42. The number of benzene rings is 1. The molecule has 1 aromatic heterocycles. The van der Waals surface area contributed by atoms with Crippen molar-refractivity contribution in [3.63, 3.8) is 0 Å². The molecule has 1 amide bonds. The highest BCUT2D eigenvalue weighted by Crippen LogP contribution is 2.46. The van der Waals surface area contributed by atoms with Crippen molar-refractivity contribution in [1.82, 2.24) is 19.8 Å². The zero-order chi connectivity index (χ0) is 27.2. The number of rotatable bonds is 8. The van der Waals surface area contributed by atoms with Crippen LogP contribution in [-0.4, -0.2) is 95.1 Å². The van der Waals surface area contributed by atoms with Gasteiger partial charge >= 0.3 is 12.1 Å². The van der Waals surface area contributed by atoms with E-state index in [1.165, 1.54) is 0 Å². The van der Waals surface area contributed by atoms with Gasteiger partial charge in [0.1, 0.15) is 16.9 Å². The molecule has 11 heteroatoms. The summed E-state index contributed by atoms with van der Waals surface area (Å²) in [5.41, 5.74) is -0.348. The fraction of sp³-hybridized carbons (Fsp3) is 0.667. The first-order valence-electron chi connectivity index (χ1n) is 13.3. The second kappa shape index (κ2) is 10.4. The van der Waals surface area contributed by atoms with Crippen LogP contribution >= 0.6 is 15.9 Å². The van der Waals surface area contributed by atoms with Gasteiger partial charge in [-0.25, -0.2) is 9.18 Å². The number of carbonyl (C=O) groups excluding carboxylic acids is 1. The van der Waals surface area contributed by atoms with Crippen LogP contribution < -0.4 is 9.64 Å². The lowest BCUT2D eigenvalue weighted by atomic mass is 10.1. The number of carbonyl (C=O) groups is 1. The van der Waals surface area contributed by atoms with E-state index in [9.17, 15) is 9.90 Å². The first kappa shape index (κ1) is 27.3. The third kappa shape index (κ3) is 5.70. The Morgan fingerprint density at radius 3 is 2.53 bits per heavy atom. The molecule has 3 heterocycles. The molecule has 1 aliphatic carbocycles. The van der Waals surface area contributed by atoms with Crippen molar-refractivity contribution in [1.29, 1.82) is 0 Å². The Morgan fingerprint density at radius 1 is 1.24 bits per heavy atom. The molecule has 2 unspecified atom stereocenters. The Labute approximate surface area is 231 Å². The molecule has 9 nitrogen and oxygen atoms in total. The number of likely N-dealkylation sites (N-methyl/N-ethyl adjacent to an activating group) is 1. The molecule has 3 fully saturated rings. The van der Waals surface area contributed by atoms with Crippen molar-refractivity contribution >= 4 is 38.7 Å². The van der Waals surface area contributed by atoms with Gasteiger partial charge in [-0.1, -0.05) is 0 Å². The normalized spacial score (nSPS) is 22.3. The summed E-state index contributed by atoms with van der Waals surface area (Å²) in [5, 5.41) is 9.86. The van der Waals surface area contributed by atoms with E-state index in [1.807, 2.05) is 38.8 Å². The summed E-state index contributed by atoms with van der Waals surface area (Å²) >= 11 is 3.29. The zero-order valence-electron chi connectivity index (χ0n) is 22.5. The van der Waals surface area contributed by atoms with Crippen molar-refractivity contribution in [2.75, 3.05) is 51.3 Å². The maximum absolute atomic E-state index is 15.2. The molecule has 2 aliphatic heterocycles. The monoisotopic (exact) mass is 593 g/mol. The van der Waals surface area contributed by atoms with Crippen LogP contribution in [0.2, 0.25) is 0 Å². The highest BCUT2D eigenvalue weighted by molar-refractivity contribution is 9.10. The fourth-order valence-electron chi connectivity index (χ4n) is 5.66. The summed E-state index contributed by atoms with van der Waals surface area (Å²) in [6.45, 7) is 8.74. The third-order valence-electron chi connectivity index (χ3n) is 7.66. The topological polar surface area (TPSA) is 91.3 Å². The minimum Gasteiger partial charge on any atom is -0.463 e. The molecular weight excluding hydrogens is 557 g/mol. The summed E-state index contributed by atoms with van der Waals surface area (Å²) in [7, 11) is 1.99. The Morgan fingerprint density at radius 2 is 1.92 bits per heavy atom. The molecule has 5 rings (SSSR count). The SMILES string of the molecule is CN(CCO)CC1(COc2nc(N3CC4CCC(C3)N4C(=O)OC(C)(C)C)c3ccc(Br)c(F)c3n2)CC1. The van der Waals surface area contributed by atoms with Crippen molar-refractivity contribution < 1.29 is 23.8 Å². The number of aromatic nitrogens is 2. The molecule has 1 aromatic carbocycles. The van der Waals surface area contributed by atoms with Crippen molar-refractivity contribution in [3.05, 3.63) is 22.4 Å². The maximum Gasteiger partial charge on any atom is 0.410 e. The van der Waals surface area contributed by atoms with E-state index in [0.29, 0.717) is 41.9 Å². The molecule has 2 aromatic rings. The standard InChI is InChI=1S/C27H37BrFN5O4/c1-26(2,3)38-25(36)34-17-5-6-18(34)14-33(13-17)23-19-7-8-20(28)21(29)22(19)30-24(31-23)37-16-27(9-10-27)15-32(4)11-12-35/h7-8,17-18,35H,5-6,9-16H2,1-4H3. The Balaban J connectivity index is 1.40. The molecule has 2 atom stereocenters. The van der Waals surface area contributed by atoms with Gasteiger partial charge in [0.05, 0.1) is 29.8 Å². The van der Waals surface area contributed by atoms with Crippen LogP contribution in [0.5, 0.6) is 6.01 Å². The summed E-state index contributed by atoms with van der Waals surface area (Å²) < 4.78 is 27.4. The predicted molar refractivity (Wildman–Crippen MR) is 146 cm³/mol. The lowest BCUT2D eigenvalue weighted by Crippen LogP contribution is -2.57. The van der Waals surface area contributed by atoms with Gasteiger partial charge in [-0.05, 0) is 81.6 Å². The number of halogens is 2. The lowest BCUT2D eigenvalue weighted by molar-refractivity contribution is 0.0123. The summed E-state index contributed by atoms with van der Waals surface area (Å²) in [6.07, 6.45) is 3.54. The number of anilines is 1. The maximum atomic E-state index is 15.2. The quantitative estimate of drug-likeness (QED) is 0.487. The van der Waals surface area contributed by atoms with Crippen LogP contribution in [0.15, 0.2) is 16.6 Å². The smallest absolute Gasteiger partial charge is 0.410 e. The van der Waals surface area contributed by atoms with Gasteiger partial charge in [-0.2, -0.15) is 9.97 Å². The van der Waals surface area contributed by atoms with Crippen LogP contribution in [-0.2, 0) is 4.74 Å². The molecule has 2 bridgehead atoms. The number of aliphatic hydroxyl groups excluding tert-OH is 1. The van der Waals surface area contributed by atoms with E-state index in [1.54, 1.807) is 6.07 Å². The second-order valence-electron chi connectivity index (χ2n) is 12.0. The van der Waals surface area contributed by atoms with E-state index in [2.05, 4.69) is 30.7 Å². The minimum absolute atomic E-state index is 0.00360. The molecule has 1 N–H and O–H groups in total. The van der Waals surface area contributed by atoms with Crippen LogP contribution in [0.4, 0.5) is 15.0 Å². The molecule has 0 radical (unpaired) electrons. The molecule has 1 saturated carbocycles. The Kier molecular flexibility index (Phi) is 7.47. The molecule has 0 spiro atoms. The van der Waals surface area contributed by atoms with Crippen LogP contribution in [0.1, 0.15) is 46.5 Å². The highest BCUT2D eigenvalue weighted by Gasteiger charge is 2.46. The number of nitrogens with zero attached hydrogens (tertiary/aromatic N) is 5. The second-order valence-corrected chi connectivity index (χ2v) is 12.9.